The average molecular weight is 387 g/mol. The van der Waals surface area contributed by atoms with Gasteiger partial charge in [0, 0.05) is 18.4 Å². The van der Waals surface area contributed by atoms with Crippen LogP contribution in [0, 0.1) is 0 Å². The van der Waals surface area contributed by atoms with Gasteiger partial charge in [0.15, 0.2) is 5.82 Å². The third-order valence-corrected chi connectivity index (χ3v) is 3.96. The number of hydrogen-bond acceptors (Lipinski definition) is 6. The Morgan fingerprint density at radius 2 is 2.07 bits per heavy atom. The van der Waals surface area contributed by atoms with Crippen LogP contribution in [0.25, 0.3) is 5.82 Å². The molecule has 0 saturated carbocycles. The summed E-state index contributed by atoms with van der Waals surface area (Å²) in [7, 11) is -3.36. The molecule has 0 aliphatic rings. The Bertz CT molecular complexity index is 1040. The highest BCUT2D eigenvalue weighted by Gasteiger charge is 2.10. The van der Waals surface area contributed by atoms with Crippen LogP contribution in [-0.2, 0) is 16.6 Å². The zero-order valence-electron chi connectivity index (χ0n) is 14.3. The Morgan fingerprint density at radius 3 is 2.81 bits per heavy atom. The molecule has 2 amide bonds. The van der Waals surface area contributed by atoms with Gasteiger partial charge in [-0.3, -0.25) is 4.72 Å². The molecule has 2 aromatic heterocycles. The van der Waals surface area contributed by atoms with Gasteiger partial charge in [0.1, 0.15) is 12.7 Å². The van der Waals surface area contributed by atoms with Gasteiger partial charge in [-0.25, -0.2) is 27.9 Å². The van der Waals surface area contributed by atoms with Crippen LogP contribution in [0.5, 0.6) is 0 Å². The molecule has 10 nitrogen and oxygen atoms in total. The highest BCUT2D eigenvalue weighted by Crippen LogP contribution is 2.16. The summed E-state index contributed by atoms with van der Waals surface area (Å²) in [6.07, 6.45) is 5.51. The number of benzene rings is 1. The fraction of sp³-hybridized carbons (Fsp3) is 0.125. The first-order valence-corrected chi connectivity index (χ1v) is 9.71. The highest BCUT2D eigenvalue weighted by molar-refractivity contribution is 7.92. The maximum absolute atomic E-state index is 12.2. The van der Waals surface area contributed by atoms with Crippen molar-refractivity contribution in [1.82, 2.24) is 25.1 Å². The number of nitrogens with zero attached hydrogens (tertiary/aromatic N) is 4. The number of amides is 2. The van der Waals surface area contributed by atoms with Crippen molar-refractivity contribution in [3.05, 3.63) is 60.8 Å². The number of pyridine rings is 1. The van der Waals surface area contributed by atoms with Crippen molar-refractivity contribution in [2.24, 2.45) is 0 Å². The van der Waals surface area contributed by atoms with Crippen LogP contribution >= 0.6 is 0 Å². The van der Waals surface area contributed by atoms with E-state index < -0.39 is 16.1 Å². The monoisotopic (exact) mass is 387 g/mol. The fourth-order valence-electron chi connectivity index (χ4n) is 2.30. The van der Waals surface area contributed by atoms with Crippen molar-refractivity contribution < 1.29 is 13.2 Å². The summed E-state index contributed by atoms with van der Waals surface area (Å²) in [5.74, 6) is 0.435. The predicted octanol–water partition coefficient (Wildman–Crippen LogP) is 1.36. The Labute approximate surface area is 155 Å². The molecule has 11 heteroatoms. The minimum absolute atomic E-state index is 0.212. The van der Waals surface area contributed by atoms with Crippen LogP contribution in [0.2, 0.25) is 0 Å². The number of anilines is 2. The summed E-state index contributed by atoms with van der Waals surface area (Å²) in [5, 5.41) is 9.42. The first-order valence-electron chi connectivity index (χ1n) is 7.82. The van der Waals surface area contributed by atoms with Gasteiger partial charge >= 0.3 is 6.03 Å². The van der Waals surface area contributed by atoms with E-state index in [4.69, 9.17) is 0 Å². The molecule has 3 N–H and O–H groups in total. The Balaban J connectivity index is 1.64. The van der Waals surface area contributed by atoms with Crippen LogP contribution in [0.1, 0.15) is 5.56 Å². The lowest BCUT2D eigenvalue weighted by atomic mass is 10.2. The number of sulfonamides is 1. The van der Waals surface area contributed by atoms with E-state index in [1.807, 2.05) is 0 Å². The molecule has 3 rings (SSSR count). The molecule has 0 saturated heterocycles. The minimum atomic E-state index is -3.36. The quantitative estimate of drug-likeness (QED) is 0.585. The maximum atomic E-state index is 12.2. The fourth-order valence-corrected chi connectivity index (χ4v) is 2.86. The Kier molecular flexibility index (Phi) is 5.31. The predicted molar refractivity (Wildman–Crippen MR) is 99.9 cm³/mol. The van der Waals surface area contributed by atoms with Gasteiger partial charge in [-0.1, -0.05) is 12.1 Å². The number of aromatic nitrogens is 4. The largest absolute Gasteiger partial charge is 0.334 e. The number of rotatable bonds is 6. The van der Waals surface area contributed by atoms with Crippen LogP contribution in [0.15, 0.2) is 55.2 Å². The topological polar surface area (TPSA) is 131 Å². The van der Waals surface area contributed by atoms with Gasteiger partial charge in [0.05, 0.1) is 11.9 Å². The van der Waals surface area contributed by atoms with Crippen molar-refractivity contribution in [3.8, 4) is 5.82 Å². The number of hydrogen-bond donors (Lipinski definition) is 3. The summed E-state index contributed by atoms with van der Waals surface area (Å²) < 4.78 is 26.4. The lowest BCUT2D eigenvalue weighted by Crippen LogP contribution is -2.28. The summed E-state index contributed by atoms with van der Waals surface area (Å²) >= 11 is 0. The van der Waals surface area contributed by atoms with Crippen molar-refractivity contribution in [1.29, 1.82) is 0 Å². The zero-order chi connectivity index (χ0) is 19.3. The number of carbonyl (C=O) groups is 1. The van der Waals surface area contributed by atoms with E-state index >= 15 is 0 Å². The standard InChI is InChI=1S/C16H17N7O3S/c1-27(25,26)22-13-5-2-4-12(8-13)9-19-16(24)21-14-6-3-7-18-15(14)23-11-17-10-20-23/h2-8,10-11,22H,9H2,1H3,(H2,19,21,24). The molecule has 2 heterocycles. The van der Waals surface area contributed by atoms with Crippen molar-refractivity contribution in [2.45, 2.75) is 6.54 Å². The SMILES string of the molecule is CS(=O)(=O)Nc1cccc(CNC(=O)Nc2cccnc2-n2cncn2)c1. The second-order valence-electron chi connectivity index (χ2n) is 5.60. The Hall–Kier alpha value is -3.47. The number of nitrogens with one attached hydrogen (secondary N) is 3. The van der Waals surface area contributed by atoms with E-state index in [-0.39, 0.29) is 6.54 Å². The molecule has 0 aliphatic carbocycles. The van der Waals surface area contributed by atoms with Crippen molar-refractivity contribution >= 4 is 27.4 Å². The van der Waals surface area contributed by atoms with Gasteiger partial charge in [-0.2, -0.15) is 5.10 Å². The Morgan fingerprint density at radius 1 is 1.22 bits per heavy atom. The molecule has 0 aliphatic heterocycles. The smallest absolute Gasteiger partial charge is 0.319 e. The summed E-state index contributed by atoms with van der Waals surface area (Å²) in [4.78, 5) is 20.3. The summed E-state index contributed by atoms with van der Waals surface area (Å²) in [5.41, 5.74) is 1.63. The molecular weight excluding hydrogens is 370 g/mol. The molecule has 0 bridgehead atoms. The van der Waals surface area contributed by atoms with Crippen LogP contribution < -0.4 is 15.4 Å². The molecule has 0 atom stereocenters. The lowest BCUT2D eigenvalue weighted by molar-refractivity contribution is 0.251. The molecule has 140 valence electrons. The van der Waals surface area contributed by atoms with E-state index in [9.17, 15) is 13.2 Å². The van der Waals surface area contributed by atoms with E-state index in [1.54, 1.807) is 42.6 Å². The second-order valence-corrected chi connectivity index (χ2v) is 7.35. The van der Waals surface area contributed by atoms with Crippen LogP contribution in [-0.4, -0.2) is 40.5 Å². The molecule has 27 heavy (non-hydrogen) atoms. The minimum Gasteiger partial charge on any atom is -0.334 e. The highest BCUT2D eigenvalue weighted by atomic mass is 32.2. The molecule has 1 aromatic carbocycles. The van der Waals surface area contributed by atoms with Crippen LogP contribution in [0.4, 0.5) is 16.2 Å². The number of urea groups is 1. The van der Waals surface area contributed by atoms with E-state index in [2.05, 4.69) is 30.4 Å². The first kappa shape index (κ1) is 18.3. The van der Waals surface area contributed by atoms with Crippen molar-refractivity contribution in [3.63, 3.8) is 0 Å². The second kappa shape index (κ2) is 7.83. The summed E-state index contributed by atoms with van der Waals surface area (Å²) in [6, 6.07) is 9.70. The average Bonchev–Trinajstić information content (AvgIpc) is 3.14. The zero-order valence-corrected chi connectivity index (χ0v) is 15.1. The molecule has 3 aromatic rings. The maximum Gasteiger partial charge on any atom is 0.319 e. The first-order chi connectivity index (χ1) is 12.9. The molecule has 0 unspecified atom stereocenters. The van der Waals surface area contributed by atoms with E-state index in [0.717, 1.165) is 11.8 Å². The van der Waals surface area contributed by atoms with Gasteiger partial charge in [-0.05, 0) is 29.8 Å². The van der Waals surface area contributed by atoms with E-state index in [1.165, 1.54) is 17.3 Å². The molecular formula is C16H17N7O3S. The van der Waals surface area contributed by atoms with Gasteiger partial charge in [-0.15, -0.1) is 0 Å². The molecule has 0 spiro atoms. The van der Waals surface area contributed by atoms with Gasteiger partial charge < -0.3 is 10.6 Å². The third-order valence-electron chi connectivity index (χ3n) is 3.35. The van der Waals surface area contributed by atoms with Crippen molar-refractivity contribution in [2.75, 3.05) is 16.3 Å². The molecule has 0 fully saturated rings. The third kappa shape index (κ3) is 5.25. The van der Waals surface area contributed by atoms with Gasteiger partial charge in [0.2, 0.25) is 10.0 Å². The van der Waals surface area contributed by atoms with E-state index in [0.29, 0.717) is 17.2 Å². The lowest BCUT2D eigenvalue weighted by Gasteiger charge is -2.11. The summed E-state index contributed by atoms with van der Waals surface area (Å²) in [6.45, 7) is 0.212. The van der Waals surface area contributed by atoms with Crippen LogP contribution in [0.3, 0.4) is 0 Å². The normalized spacial score (nSPS) is 11.0. The van der Waals surface area contributed by atoms with Gasteiger partial charge in [0.25, 0.3) is 0 Å². The molecule has 0 radical (unpaired) electrons. The number of carbonyl (C=O) groups excluding carboxylic acids is 1.